The lowest BCUT2D eigenvalue weighted by molar-refractivity contribution is 0.598. The summed E-state index contributed by atoms with van der Waals surface area (Å²) in [5.41, 5.74) is 0.428. The lowest BCUT2D eigenvalue weighted by atomic mass is 10.2. The van der Waals surface area contributed by atoms with Gasteiger partial charge in [0.1, 0.15) is 5.82 Å². The van der Waals surface area contributed by atoms with Gasteiger partial charge in [-0.2, -0.15) is 11.8 Å². The Hall–Kier alpha value is -0.840. The Morgan fingerprint density at radius 1 is 1.47 bits per heavy atom. The number of aryl methyl sites for hydroxylation is 1. The van der Waals surface area contributed by atoms with Gasteiger partial charge in [-0.15, -0.1) is 0 Å². The van der Waals surface area contributed by atoms with Crippen LogP contribution in [0.15, 0.2) is 0 Å². The molecule has 0 saturated carbocycles. The molecule has 2 heterocycles. The van der Waals surface area contributed by atoms with Gasteiger partial charge in [-0.05, 0) is 25.5 Å². The van der Waals surface area contributed by atoms with Crippen LogP contribution in [0.2, 0.25) is 0 Å². The molecule has 0 aromatic carbocycles. The van der Waals surface area contributed by atoms with Crippen molar-refractivity contribution in [3.8, 4) is 0 Å². The summed E-state index contributed by atoms with van der Waals surface area (Å²) in [6, 6.07) is 0. The number of hydrogen-bond acceptors (Lipinski definition) is 4. The fourth-order valence-electron chi connectivity index (χ4n) is 1.67. The fourth-order valence-corrected chi connectivity index (χ4v) is 2.88. The summed E-state index contributed by atoms with van der Waals surface area (Å²) in [7, 11) is 1.68. The molecule has 82 valence electrons. The minimum Gasteiger partial charge on any atom is -0.371 e. The molecule has 3 nitrogen and oxygen atoms in total. The fraction of sp³-hybridized carbons (Fsp3) is 0.600. The molecule has 1 aromatic rings. The van der Waals surface area contributed by atoms with Crippen molar-refractivity contribution < 1.29 is 4.39 Å². The van der Waals surface area contributed by atoms with Crippen molar-refractivity contribution in [2.45, 2.75) is 25.0 Å². The minimum atomic E-state index is -0.343. The van der Waals surface area contributed by atoms with Crippen molar-refractivity contribution in [1.82, 2.24) is 9.97 Å². The Labute approximate surface area is 92.9 Å². The number of halogens is 1. The van der Waals surface area contributed by atoms with E-state index in [2.05, 4.69) is 15.3 Å². The molecule has 1 aliphatic heterocycles. The molecule has 0 amide bonds. The van der Waals surface area contributed by atoms with E-state index >= 15 is 0 Å². The van der Waals surface area contributed by atoms with Crippen LogP contribution in [0, 0.1) is 12.7 Å². The summed E-state index contributed by atoms with van der Waals surface area (Å²) in [6.07, 6.45) is 2.29. The molecule has 1 aromatic heterocycles. The van der Waals surface area contributed by atoms with Gasteiger partial charge in [0, 0.05) is 7.05 Å². The molecule has 1 aliphatic rings. The average Bonchev–Trinajstić information content (AvgIpc) is 2.75. The largest absolute Gasteiger partial charge is 0.371 e. The van der Waals surface area contributed by atoms with Gasteiger partial charge in [0.05, 0.1) is 10.9 Å². The van der Waals surface area contributed by atoms with Gasteiger partial charge >= 0.3 is 0 Å². The molecule has 1 fully saturated rings. The third kappa shape index (κ3) is 2.07. The van der Waals surface area contributed by atoms with Crippen molar-refractivity contribution in [2.24, 2.45) is 0 Å². The highest BCUT2D eigenvalue weighted by atomic mass is 32.2. The van der Waals surface area contributed by atoms with Gasteiger partial charge in [-0.25, -0.2) is 14.4 Å². The first kappa shape index (κ1) is 10.7. The molecule has 0 radical (unpaired) electrons. The normalized spacial score (nSPS) is 20.6. The first-order chi connectivity index (χ1) is 7.22. The van der Waals surface area contributed by atoms with E-state index < -0.39 is 0 Å². The Kier molecular flexibility index (Phi) is 3.09. The summed E-state index contributed by atoms with van der Waals surface area (Å²) in [5, 5.41) is 3.11. The third-order valence-electron chi connectivity index (χ3n) is 2.49. The first-order valence-electron chi connectivity index (χ1n) is 5.05. The van der Waals surface area contributed by atoms with Crippen LogP contribution < -0.4 is 5.32 Å². The van der Waals surface area contributed by atoms with Crippen LogP contribution in [0.3, 0.4) is 0 Å². The van der Waals surface area contributed by atoms with Crippen LogP contribution >= 0.6 is 11.8 Å². The second-order valence-corrected chi connectivity index (χ2v) is 4.89. The van der Waals surface area contributed by atoms with Crippen LogP contribution in [0.25, 0.3) is 0 Å². The van der Waals surface area contributed by atoms with Crippen LogP contribution in [0.5, 0.6) is 0 Å². The predicted octanol–water partition coefficient (Wildman–Crippen LogP) is 2.53. The van der Waals surface area contributed by atoms with E-state index in [0.29, 0.717) is 16.8 Å². The maximum absolute atomic E-state index is 13.5. The zero-order chi connectivity index (χ0) is 10.8. The smallest absolute Gasteiger partial charge is 0.186 e. The summed E-state index contributed by atoms with van der Waals surface area (Å²) in [6.45, 7) is 1.68. The molecular formula is C10H14FN3S. The van der Waals surface area contributed by atoms with E-state index in [0.717, 1.165) is 18.0 Å². The number of nitrogens with one attached hydrogen (secondary N) is 1. The van der Waals surface area contributed by atoms with E-state index in [1.807, 2.05) is 11.8 Å². The number of aromatic nitrogens is 2. The van der Waals surface area contributed by atoms with Gasteiger partial charge < -0.3 is 5.32 Å². The monoisotopic (exact) mass is 227 g/mol. The molecule has 0 spiro atoms. The number of rotatable bonds is 2. The molecule has 0 aliphatic carbocycles. The number of nitrogens with zero attached hydrogens (tertiary/aromatic N) is 2. The van der Waals surface area contributed by atoms with Gasteiger partial charge in [0.25, 0.3) is 0 Å². The highest BCUT2D eigenvalue weighted by Gasteiger charge is 2.22. The quantitative estimate of drug-likeness (QED) is 0.842. The molecule has 1 unspecified atom stereocenters. The van der Waals surface area contributed by atoms with Gasteiger partial charge in [-0.3, -0.25) is 0 Å². The van der Waals surface area contributed by atoms with Crippen LogP contribution in [-0.4, -0.2) is 22.8 Å². The molecule has 1 saturated heterocycles. The second kappa shape index (κ2) is 4.35. The Bertz CT molecular complexity index is 364. The Morgan fingerprint density at radius 3 is 2.87 bits per heavy atom. The molecule has 2 rings (SSSR count). The van der Waals surface area contributed by atoms with Gasteiger partial charge in [-0.1, -0.05) is 0 Å². The molecule has 1 atom stereocenters. The van der Waals surface area contributed by atoms with E-state index in [-0.39, 0.29) is 5.82 Å². The van der Waals surface area contributed by atoms with Gasteiger partial charge in [0.15, 0.2) is 11.6 Å². The zero-order valence-corrected chi connectivity index (χ0v) is 9.70. The number of anilines is 1. The van der Waals surface area contributed by atoms with Crippen molar-refractivity contribution in [3.05, 3.63) is 17.3 Å². The third-order valence-corrected chi connectivity index (χ3v) is 3.86. The summed E-state index contributed by atoms with van der Waals surface area (Å²) in [5.74, 6) is 1.88. The number of hydrogen-bond donors (Lipinski definition) is 1. The van der Waals surface area contributed by atoms with Crippen molar-refractivity contribution in [3.63, 3.8) is 0 Å². The highest BCUT2D eigenvalue weighted by molar-refractivity contribution is 7.99. The average molecular weight is 227 g/mol. The van der Waals surface area contributed by atoms with Crippen LogP contribution in [0.4, 0.5) is 10.2 Å². The highest BCUT2D eigenvalue weighted by Crippen LogP contribution is 2.38. The minimum absolute atomic E-state index is 0.310. The van der Waals surface area contributed by atoms with Gasteiger partial charge in [0.2, 0.25) is 0 Å². The number of thioether (sulfide) groups is 1. The zero-order valence-electron chi connectivity index (χ0n) is 8.88. The topological polar surface area (TPSA) is 37.8 Å². The Balaban J connectivity index is 2.35. The summed E-state index contributed by atoms with van der Waals surface area (Å²) in [4.78, 5) is 8.43. The predicted molar refractivity (Wildman–Crippen MR) is 60.7 cm³/mol. The van der Waals surface area contributed by atoms with E-state index in [9.17, 15) is 4.39 Å². The van der Waals surface area contributed by atoms with Crippen molar-refractivity contribution in [2.75, 3.05) is 18.1 Å². The van der Waals surface area contributed by atoms with Crippen molar-refractivity contribution >= 4 is 17.6 Å². The standard InChI is InChI=1S/C10H14FN3S/c1-6-8(11)10(12-2)14-9(13-6)7-4-3-5-15-7/h7H,3-5H2,1-2H3,(H,12,13,14). The van der Waals surface area contributed by atoms with E-state index in [4.69, 9.17) is 0 Å². The van der Waals surface area contributed by atoms with Crippen molar-refractivity contribution in [1.29, 1.82) is 0 Å². The van der Waals surface area contributed by atoms with Crippen LogP contribution in [-0.2, 0) is 0 Å². The lowest BCUT2D eigenvalue weighted by Gasteiger charge is -2.10. The van der Waals surface area contributed by atoms with E-state index in [1.165, 1.54) is 6.42 Å². The molecule has 1 N–H and O–H groups in total. The summed E-state index contributed by atoms with van der Waals surface area (Å²) >= 11 is 1.85. The summed E-state index contributed by atoms with van der Waals surface area (Å²) < 4.78 is 13.5. The van der Waals surface area contributed by atoms with E-state index in [1.54, 1.807) is 14.0 Å². The molecule has 5 heteroatoms. The Morgan fingerprint density at radius 2 is 2.27 bits per heavy atom. The SMILES string of the molecule is CNc1nc(C2CCCS2)nc(C)c1F. The lowest BCUT2D eigenvalue weighted by Crippen LogP contribution is -2.07. The molecule has 15 heavy (non-hydrogen) atoms. The van der Waals surface area contributed by atoms with Crippen LogP contribution in [0.1, 0.15) is 29.6 Å². The maximum atomic E-state index is 13.5. The molecular weight excluding hydrogens is 213 g/mol. The maximum Gasteiger partial charge on any atom is 0.186 e. The second-order valence-electron chi connectivity index (χ2n) is 3.58. The first-order valence-corrected chi connectivity index (χ1v) is 6.10. The molecule has 0 bridgehead atoms.